The monoisotopic (exact) mass is 450 g/mol. The molecule has 1 N–H and O–H groups in total. The molecule has 0 saturated heterocycles. The number of amides is 1. The Morgan fingerprint density at radius 2 is 1.94 bits per heavy atom. The third kappa shape index (κ3) is 6.01. The first kappa shape index (κ1) is 23.6. The second-order valence-electron chi connectivity index (χ2n) is 7.76. The van der Waals surface area contributed by atoms with Crippen LogP contribution < -0.4 is 10.1 Å². The van der Waals surface area contributed by atoms with Crippen LogP contribution in [0.3, 0.4) is 0 Å². The van der Waals surface area contributed by atoms with Gasteiger partial charge in [0.05, 0.1) is 11.8 Å². The fourth-order valence-electron chi connectivity index (χ4n) is 3.42. The van der Waals surface area contributed by atoms with Crippen LogP contribution in [-0.2, 0) is 11.3 Å². The number of hydrogen-bond acceptors (Lipinski definition) is 5. The molecule has 6 nitrogen and oxygen atoms in total. The molecular formula is C25H30N4O2S. The summed E-state index contributed by atoms with van der Waals surface area (Å²) in [5, 5.41) is 12.4. The molecule has 0 aliphatic heterocycles. The van der Waals surface area contributed by atoms with Crippen LogP contribution in [0.1, 0.15) is 48.5 Å². The van der Waals surface area contributed by atoms with Crippen molar-refractivity contribution in [3.8, 4) is 5.75 Å². The van der Waals surface area contributed by atoms with E-state index in [1.807, 2.05) is 67.8 Å². The molecule has 32 heavy (non-hydrogen) atoms. The molecule has 0 saturated carbocycles. The zero-order valence-electron chi connectivity index (χ0n) is 19.0. The number of rotatable bonds is 10. The van der Waals surface area contributed by atoms with E-state index in [-0.39, 0.29) is 23.8 Å². The largest absolute Gasteiger partial charge is 0.482 e. The Morgan fingerprint density at radius 3 is 2.62 bits per heavy atom. The maximum atomic E-state index is 12.5. The molecule has 2 atom stereocenters. The maximum Gasteiger partial charge on any atom is 0.230 e. The van der Waals surface area contributed by atoms with Crippen molar-refractivity contribution in [3.63, 3.8) is 0 Å². The van der Waals surface area contributed by atoms with Crippen molar-refractivity contribution >= 4 is 17.7 Å². The Bertz CT molecular complexity index is 1070. The number of nitrogens with zero attached hydrogens (tertiary/aromatic N) is 3. The molecule has 0 bridgehead atoms. The van der Waals surface area contributed by atoms with E-state index in [0.29, 0.717) is 17.5 Å². The van der Waals surface area contributed by atoms with E-state index in [4.69, 9.17) is 4.74 Å². The highest BCUT2D eigenvalue weighted by Gasteiger charge is 2.20. The predicted octanol–water partition coefficient (Wildman–Crippen LogP) is 5.19. The highest BCUT2D eigenvalue weighted by molar-refractivity contribution is 7.99. The first-order valence-electron chi connectivity index (χ1n) is 10.6. The Morgan fingerprint density at radius 1 is 1.19 bits per heavy atom. The second kappa shape index (κ2) is 11.0. The molecule has 0 aliphatic rings. The summed E-state index contributed by atoms with van der Waals surface area (Å²) in [4.78, 5) is 12.5. The first-order chi connectivity index (χ1) is 15.4. The summed E-state index contributed by atoms with van der Waals surface area (Å²) in [6.45, 7) is 12.4. The predicted molar refractivity (Wildman–Crippen MR) is 129 cm³/mol. The van der Waals surface area contributed by atoms with Gasteiger partial charge in [-0.1, -0.05) is 65.9 Å². The van der Waals surface area contributed by atoms with E-state index < -0.39 is 0 Å². The van der Waals surface area contributed by atoms with Crippen molar-refractivity contribution in [2.45, 2.75) is 51.5 Å². The number of ether oxygens (including phenoxy) is 1. The van der Waals surface area contributed by atoms with E-state index >= 15 is 0 Å². The van der Waals surface area contributed by atoms with Crippen LogP contribution in [-0.4, -0.2) is 26.4 Å². The Labute approximate surface area is 194 Å². The molecule has 0 spiro atoms. The van der Waals surface area contributed by atoms with Gasteiger partial charge >= 0.3 is 0 Å². The lowest BCUT2D eigenvalue weighted by atomic mass is 10.1. The number of aryl methyl sites for hydroxylation is 2. The molecule has 0 fully saturated rings. The molecule has 1 aromatic heterocycles. The van der Waals surface area contributed by atoms with Crippen LogP contribution in [0.25, 0.3) is 0 Å². The van der Waals surface area contributed by atoms with Crippen LogP contribution in [0, 0.1) is 13.8 Å². The molecular weight excluding hydrogens is 420 g/mol. The van der Waals surface area contributed by atoms with Crippen LogP contribution in [0.15, 0.2) is 66.3 Å². The van der Waals surface area contributed by atoms with Gasteiger partial charge in [0.15, 0.2) is 17.1 Å². The number of aromatic nitrogens is 3. The minimum absolute atomic E-state index is 0.0550. The summed E-state index contributed by atoms with van der Waals surface area (Å²) < 4.78 is 8.11. The van der Waals surface area contributed by atoms with Crippen molar-refractivity contribution in [3.05, 3.63) is 83.7 Å². The summed E-state index contributed by atoms with van der Waals surface area (Å²) in [6, 6.07) is 15.9. The summed E-state index contributed by atoms with van der Waals surface area (Å²) in [5.41, 5.74) is 3.33. The number of hydrogen-bond donors (Lipinski definition) is 1. The molecule has 2 unspecified atom stereocenters. The van der Waals surface area contributed by atoms with Gasteiger partial charge in [-0.25, -0.2) is 0 Å². The summed E-state index contributed by atoms with van der Waals surface area (Å²) in [7, 11) is 0. The van der Waals surface area contributed by atoms with E-state index in [0.717, 1.165) is 16.9 Å². The first-order valence-corrected chi connectivity index (χ1v) is 11.6. The Hall–Kier alpha value is -3.06. The van der Waals surface area contributed by atoms with Crippen molar-refractivity contribution in [2.24, 2.45) is 0 Å². The average molecular weight is 451 g/mol. The molecule has 1 heterocycles. The average Bonchev–Trinajstić information content (AvgIpc) is 3.18. The summed E-state index contributed by atoms with van der Waals surface area (Å²) >= 11 is 1.36. The molecule has 0 radical (unpaired) electrons. The topological polar surface area (TPSA) is 69.0 Å². The lowest BCUT2D eigenvalue weighted by molar-refractivity contribution is -0.119. The van der Waals surface area contributed by atoms with Gasteiger partial charge in [0.1, 0.15) is 5.75 Å². The highest BCUT2D eigenvalue weighted by atomic mass is 32.2. The van der Waals surface area contributed by atoms with Crippen molar-refractivity contribution < 1.29 is 9.53 Å². The van der Waals surface area contributed by atoms with E-state index in [9.17, 15) is 4.79 Å². The van der Waals surface area contributed by atoms with Gasteiger partial charge in [0.2, 0.25) is 5.91 Å². The molecule has 2 aromatic carbocycles. The number of nitrogens with one attached hydrogen (secondary N) is 1. The molecule has 3 aromatic rings. The van der Waals surface area contributed by atoms with E-state index in [2.05, 4.69) is 35.1 Å². The summed E-state index contributed by atoms with van der Waals surface area (Å²) in [6.07, 6.45) is 1.49. The maximum absolute atomic E-state index is 12.5. The van der Waals surface area contributed by atoms with Crippen LogP contribution >= 0.6 is 11.8 Å². The zero-order valence-corrected chi connectivity index (χ0v) is 19.9. The smallest absolute Gasteiger partial charge is 0.230 e. The fourth-order valence-corrected chi connectivity index (χ4v) is 4.19. The normalized spacial score (nSPS) is 12.8. The van der Waals surface area contributed by atoms with Crippen LogP contribution in [0.4, 0.5) is 0 Å². The SMILES string of the molecule is C=CCn1c(SCC(=O)NC(C)c2ccccc2)nnc1C(C)Oc1ccc(C)cc1C. The molecule has 3 rings (SSSR count). The highest BCUT2D eigenvalue weighted by Crippen LogP contribution is 2.27. The van der Waals surface area contributed by atoms with Gasteiger partial charge in [-0.15, -0.1) is 16.8 Å². The van der Waals surface area contributed by atoms with Crippen molar-refractivity contribution in [2.75, 3.05) is 5.75 Å². The minimum Gasteiger partial charge on any atom is -0.482 e. The standard InChI is InChI=1S/C25H30N4O2S/c1-6-14-29-24(20(5)31-22-13-12-17(2)15-18(22)3)27-28-25(29)32-16-23(30)26-19(4)21-10-8-7-9-11-21/h6-13,15,19-20H,1,14,16H2,2-5H3,(H,26,30). The zero-order chi connectivity index (χ0) is 23.1. The minimum atomic E-state index is -0.301. The number of carbonyl (C=O) groups is 1. The van der Waals surface area contributed by atoms with Gasteiger partial charge < -0.3 is 10.1 Å². The van der Waals surface area contributed by atoms with Gasteiger partial charge in [-0.2, -0.15) is 0 Å². The quantitative estimate of drug-likeness (QED) is 0.340. The number of allylic oxidation sites excluding steroid dienone is 1. The number of thioether (sulfide) groups is 1. The van der Waals surface area contributed by atoms with Crippen molar-refractivity contribution in [1.29, 1.82) is 0 Å². The molecule has 7 heteroatoms. The van der Waals surface area contributed by atoms with Gasteiger partial charge in [-0.3, -0.25) is 9.36 Å². The van der Waals surface area contributed by atoms with E-state index in [1.165, 1.54) is 17.3 Å². The number of benzene rings is 2. The fraction of sp³-hybridized carbons (Fsp3) is 0.320. The third-order valence-corrected chi connectivity index (χ3v) is 6.03. The third-order valence-electron chi connectivity index (χ3n) is 5.06. The molecule has 1 amide bonds. The second-order valence-corrected chi connectivity index (χ2v) is 8.70. The van der Waals surface area contributed by atoms with Crippen molar-refractivity contribution in [1.82, 2.24) is 20.1 Å². The van der Waals surface area contributed by atoms with Gasteiger partial charge in [0, 0.05) is 6.54 Å². The Kier molecular flexibility index (Phi) is 8.11. The van der Waals surface area contributed by atoms with Crippen LogP contribution in [0.5, 0.6) is 5.75 Å². The number of carbonyl (C=O) groups excluding carboxylic acids is 1. The summed E-state index contributed by atoms with van der Waals surface area (Å²) in [5.74, 6) is 1.71. The van der Waals surface area contributed by atoms with Crippen LogP contribution in [0.2, 0.25) is 0 Å². The van der Waals surface area contributed by atoms with Gasteiger partial charge in [0.25, 0.3) is 0 Å². The Balaban J connectivity index is 1.66. The molecule has 168 valence electrons. The lowest BCUT2D eigenvalue weighted by Gasteiger charge is -2.17. The molecule has 0 aliphatic carbocycles. The van der Waals surface area contributed by atoms with E-state index in [1.54, 1.807) is 6.08 Å². The lowest BCUT2D eigenvalue weighted by Crippen LogP contribution is -2.28. The van der Waals surface area contributed by atoms with Gasteiger partial charge in [-0.05, 0) is 44.9 Å².